The predicted molar refractivity (Wildman–Crippen MR) is 117 cm³/mol. The molecule has 0 amide bonds. The molecule has 0 aliphatic carbocycles. The minimum atomic E-state index is -0.302. The monoisotopic (exact) mass is 391 g/mol. The van der Waals surface area contributed by atoms with Crippen LogP contribution in [0.4, 0.5) is 33.2 Å². The summed E-state index contributed by atoms with van der Waals surface area (Å²) in [6, 6.07) is 16.6. The Morgan fingerprint density at radius 2 is 1.69 bits per heavy atom. The number of rotatable bonds is 5. The third-order valence-corrected chi connectivity index (χ3v) is 5.22. The average molecular weight is 391 g/mol. The van der Waals surface area contributed by atoms with E-state index < -0.39 is 0 Å². The molecule has 2 aromatic carbocycles. The number of nitrogens with one attached hydrogen (secondary N) is 2. The summed E-state index contributed by atoms with van der Waals surface area (Å²) in [4.78, 5) is 11.3. The summed E-state index contributed by atoms with van der Waals surface area (Å²) in [6.45, 7) is 6.47. The smallest absolute Gasteiger partial charge is 0.229 e. The van der Waals surface area contributed by atoms with E-state index in [9.17, 15) is 4.39 Å². The fourth-order valence-electron chi connectivity index (χ4n) is 3.55. The van der Waals surface area contributed by atoms with Crippen molar-refractivity contribution in [1.82, 2.24) is 9.97 Å². The average Bonchev–Trinajstić information content (AvgIpc) is 2.69. The van der Waals surface area contributed by atoms with Crippen LogP contribution in [0.1, 0.15) is 25.5 Å². The second kappa shape index (κ2) is 8.47. The van der Waals surface area contributed by atoms with Crippen molar-refractivity contribution in [2.24, 2.45) is 5.92 Å². The topological polar surface area (TPSA) is 53.1 Å². The highest BCUT2D eigenvalue weighted by Gasteiger charge is 2.15. The van der Waals surface area contributed by atoms with Crippen molar-refractivity contribution in [2.45, 2.75) is 26.7 Å². The molecule has 0 atom stereocenters. The van der Waals surface area contributed by atoms with Gasteiger partial charge >= 0.3 is 0 Å². The number of piperidine rings is 1. The zero-order chi connectivity index (χ0) is 20.2. The van der Waals surface area contributed by atoms with Crippen LogP contribution in [0.25, 0.3) is 0 Å². The van der Waals surface area contributed by atoms with Gasteiger partial charge in [0, 0.05) is 41.9 Å². The predicted octanol–water partition coefficient (Wildman–Crippen LogP) is 5.65. The number of halogens is 1. The Balaban J connectivity index is 1.45. The normalized spacial score (nSPS) is 14.7. The van der Waals surface area contributed by atoms with E-state index in [0.717, 1.165) is 30.4 Å². The first kappa shape index (κ1) is 19.2. The molecule has 1 aromatic heterocycles. The summed E-state index contributed by atoms with van der Waals surface area (Å²) in [5.74, 6) is 1.64. The van der Waals surface area contributed by atoms with Crippen LogP contribution in [-0.4, -0.2) is 23.1 Å². The Kier molecular flexibility index (Phi) is 5.60. The van der Waals surface area contributed by atoms with E-state index >= 15 is 0 Å². The molecule has 0 unspecified atom stereocenters. The molecule has 3 aromatic rings. The first-order valence-electron chi connectivity index (χ1n) is 10.1. The molecule has 29 heavy (non-hydrogen) atoms. The van der Waals surface area contributed by atoms with Gasteiger partial charge in [-0.1, -0.05) is 13.0 Å². The van der Waals surface area contributed by atoms with Crippen LogP contribution < -0.4 is 15.5 Å². The van der Waals surface area contributed by atoms with E-state index in [4.69, 9.17) is 0 Å². The summed E-state index contributed by atoms with van der Waals surface area (Å²) in [6.07, 6.45) is 2.50. The summed E-state index contributed by atoms with van der Waals surface area (Å²) < 4.78 is 13.4. The van der Waals surface area contributed by atoms with Crippen molar-refractivity contribution >= 4 is 28.8 Å². The van der Waals surface area contributed by atoms with Gasteiger partial charge in [-0.2, -0.15) is 4.98 Å². The Morgan fingerprint density at radius 3 is 2.41 bits per heavy atom. The Hall–Kier alpha value is -3.15. The first-order chi connectivity index (χ1) is 14.0. The number of benzene rings is 2. The third-order valence-electron chi connectivity index (χ3n) is 5.22. The van der Waals surface area contributed by atoms with Gasteiger partial charge in [0.15, 0.2) is 0 Å². The minimum absolute atomic E-state index is 0.302. The van der Waals surface area contributed by atoms with Gasteiger partial charge in [-0.25, -0.2) is 9.37 Å². The van der Waals surface area contributed by atoms with Crippen LogP contribution in [0.5, 0.6) is 0 Å². The third kappa shape index (κ3) is 5.02. The lowest BCUT2D eigenvalue weighted by Gasteiger charge is -2.32. The quantitative estimate of drug-likeness (QED) is 0.589. The molecule has 5 nitrogen and oxygen atoms in total. The van der Waals surface area contributed by atoms with Crippen molar-refractivity contribution in [3.63, 3.8) is 0 Å². The molecule has 150 valence electrons. The molecule has 1 aliphatic heterocycles. The summed E-state index contributed by atoms with van der Waals surface area (Å²) in [5.41, 5.74) is 3.66. The van der Waals surface area contributed by atoms with Crippen molar-refractivity contribution in [3.05, 3.63) is 66.1 Å². The number of hydrogen-bond donors (Lipinski definition) is 2. The lowest BCUT2D eigenvalue weighted by molar-refractivity contribution is 0.438. The zero-order valence-electron chi connectivity index (χ0n) is 16.8. The van der Waals surface area contributed by atoms with Gasteiger partial charge in [-0.15, -0.1) is 0 Å². The number of hydrogen-bond acceptors (Lipinski definition) is 5. The molecule has 4 rings (SSSR count). The van der Waals surface area contributed by atoms with Gasteiger partial charge in [0.2, 0.25) is 5.95 Å². The van der Waals surface area contributed by atoms with Gasteiger partial charge < -0.3 is 15.5 Å². The number of aryl methyl sites for hydroxylation is 1. The van der Waals surface area contributed by atoms with E-state index in [2.05, 4.69) is 56.7 Å². The molecular formula is C23H26FN5. The lowest BCUT2D eigenvalue weighted by atomic mass is 9.99. The maximum Gasteiger partial charge on any atom is 0.229 e. The van der Waals surface area contributed by atoms with Gasteiger partial charge in [-0.3, -0.25) is 0 Å². The highest BCUT2D eigenvalue weighted by Crippen LogP contribution is 2.26. The number of aromatic nitrogens is 2. The lowest BCUT2D eigenvalue weighted by Crippen LogP contribution is -2.32. The first-order valence-corrected chi connectivity index (χ1v) is 10.1. The number of nitrogens with zero attached hydrogens (tertiary/aromatic N) is 3. The molecule has 1 aliphatic rings. The zero-order valence-corrected chi connectivity index (χ0v) is 16.8. The van der Waals surface area contributed by atoms with E-state index in [1.165, 1.54) is 30.7 Å². The van der Waals surface area contributed by atoms with Crippen LogP contribution in [0, 0.1) is 18.7 Å². The SMILES string of the molecule is Cc1cc(Nc2ccc(N3CCC(C)CC3)cc2)nc(Nc2cccc(F)c2)n1. The standard InChI is InChI=1S/C23H26FN5/c1-16-10-12-29(13-11-16)21-8-6-19(7-9-21)26-22-14-17(2)25-23(28-22)27-20-5-3-4-18(24)15-20/h3-9,14-16H,10-13H2,1-2H3,(H2,25,26,27,28). The van der Waals surface area contributed by atoms with E-state index in [1.54, 1.807) is 12.1 Å². The van der Waals surface area contributed by atoms with Crippen LogP contribution in [0.2, 0.25) is 0 Å². The van der Waals surface area contributed by atoms with Crippen LogP contribution in [0.3, 0.4) is 0 Å². The number of anilines is 5. The molecule has 2 heterocycles. The highest BCUT2D eigenvalue weighted by atomic mass is 19.1. The second-order valence-electron chi connectivity index (χ2n) is 7.69. The molecule has 0 radical (unpaired) electrons. The Morgan fingerprint density at radius 1 is 0.931 bits per heavy atom. The highest BCUT2D eigenvalue weighted by molar-refractivity contribution is 5.63. The summed E-state index contributed by atoms with van der Waals surface area (Å²) >= 11 is 0. The molecule has 0 spiro atoms. The van der Waals surface area contributed by atoms with Gasteiger partial charge in [0.25, 0.3) is 0 Å². The van der Waals surface area contributed by atoms with Crippen molar-refractivity contribution in [1.29, 1.82) is 0 Å². The Bertz CT molecular complexity index is 965. The van der Waals surface area contributed by atoms with Crippen LogP contribution >= 0.6 is 0 Å². The van der Waals surface area contributed by atoms with E-state index in [-0.39, 0.29) is 5.82 Å². The van der Waals surface area contributed by atoms with Gasteiger partial charge in [-0.05, 0) is 68.1 Å². The fraction of sp³-hybridized carbons (Fsp3) is 0.304. The Labute approximate surface area is 171 Å². The van der Waals surface area contributed by atoms with Crippen LogP contribution in [0.15, 0.2) is 54.6 Å². The fourth-order valence-corrected chi connectivity index (χ4v) is 3.55. The van der Waals surface area contributed by atoms with E-state index in [0.29, 0.717) is 17.5 Å². The van der Waals surface area contributed by atoms with Gasteiger partial charge in [0.05, 0.1) is 0 Å². The van der Waals surface area contributed by atoms with Crippen LogP contribution in [-0.2, 0) is 0 Å². The molecule has 1 fully saturated rings. The molecule has 0 bridgehead atoms. The largest absolute Gasteiger partial charge is 0.372 e. The van der Waals surface area contributed by atoms with Crippen molar-refractivity contribution < 1.29 is 4.39 Å². The summed E-state index contributed by atoms with van der Waals surface area (Å²) in [7, 11) is 0. The molecule has 2 N–H and O–H groups in total. The maximum atomic E-state index is 13.4. The molecule has 1 saturated heterocycles. The second-order valence-corrected chi connectivity index (χ2v) is 7.69. The maximum absolute atomic E-state index is 13.4. The molecule has 6 heteroatoms. The minimum Gasteiger partial charge on any atom is -0.372 e. The molecular weight excluding hydrogens is 365 g/mol. The van der Waals surface area contributed by atoms with Gasteiger partial charge in [0.1, 0.15) is 11.6 Å². The van der Waals surface area contributed by atoms with Crippen molar-refractivity contribution in [3.8, 4) is 0 Å². The van der Waals surface area contributed by atoms with E-state index in [1.807, 2.05) is 13.0 Å². The summed E-state index contributed by atoms with van der Waals surface area (Å²) in [5, 5.41) is 6.39. The molecule has 0 saturated carbocycles. The van der Waals surface area contributed by atoms with Crippen molar-refractivity contribution in [2.75, 3.05) is 28.6 Å².